The van der Waals surface area contributed by atoms with Gasteiger partial charge in [-0.2, -0.15) is 9.67 Å². The number of nitrogens with one attached hydrogen (secondary N) is 1. The molecule has 4 aromatic rings. The molecular weight excluding hydrogens is 368 g/mol. The summed E-state index contributed by atoms with van der Waals surface area (Å²) in [7, 11) is 1.61. The Bertz CT molecular complexity index is 1120. The van der Waals surface area contributed by atoms with Crippen LogP contribution < -0.4 is 10.1 Å². The summed E-state index contributed by atoms with van der Waals surface area (Å²) in [4.78, 5) is 17.7. The molecule has 0 amide bonds. The first-order chi connectivity index (χ1) is 14.2. The summed E-state index contributed by atoms with van der Waals surface area (Å²) >= 11 is 0. The van der Waals surface area contributed by atoms with Gasteiger partial charge in [0.1, 0.15) is 11.5 Å². The number of anilines is 1. The molecule has 2 heterocycles. The van der Waals surface area contributed by atoms with E-state index >= 15 is 0 Å². The van der Waals surface area contributed by atoms with Gasteiger partial charge in [-0.15, -0.1) is 5.10 Å². The van der Waals surface area contributed by atoms with Crippen molar-refractivity contribution in [1.82, 2.24) is 14.8 Å². The van der Waals surface area contributed by atoms with Crippen LogP contribution in [0.2, 0.25) is 0 Å². The maximum absolute atomic E-state index is 13.2. The van der Waals surface area contributed by atoms with E-state index in [4.69, 9.17) is 9.15 Å². The molecule has 0 fully saturated rings. The van der Waals surface area contributed by atoms with Crippen LogP contribution in [0.3, 0.4) is 0 Å². The summed E-state index contributed by atoms with van der Waals surface area (Å²) in [6.45, 7) is 2.28. The molecule has 0 aliphatic heterocycles. The van der Waals surface area contributed by atoms with E-state index in [0.29, 0.717) is 23.9 Å². The molecule has 7 heteroatoms. The van der Waals surface area contributed by atoms with Crippen molar-refractivity contribution in [3.05, 3.63) is 83.8 Å². The summed E-state index contributed by atoms with van der Waals surface area (Å²) in [5, 5.41) is 7.62. The van der Waals surface area contributed by atoms with Gasteiger partial charge in [0, 0.05) is 11.1 Å². The quantitative estimate of drug-likeness (QED) is 0.534. The van der Waals surface area contributed by atoms with Crippen LogP contribution in [0.5, 0.6) is 5.75 Å². The number of aryl methyl sites for hydroxylation is 1. The number of aromatic nitrogens is 3. The van der Waals surface area contributed by atoms with Crippen LogP contribution in [-0.2, 0) is 6.54 Å². The van der Waals surface area contributed by atoms with Gasteiger partial charge in [-0.25, -0.2) is 0 Å². The molecule has 0 aliphatic rings. The number of methoxy groups -OCH3 is 1. The largest absolute Gasteiger partial charge is 0.497 e. The summed E-state index contributed by atoms with van der Waals surface area (Å²) in [6, 6.07) is 18.4. The van der Waals surface area contributed by atoms with Crippen molar-refractivity contribution >= 4 is 11.9 Å². The van der Waals surface area contributed by atoms with E-state index in [0.717, 1.165) is 22.6 Å². The minimum atomic E-state index is -0.252. The average molecular weight is 388 g/mol. The van der Waals surface area contributed by atoms with E-state index in [-0.39, 0.29) is 5.91 Å². The number of hydrogen-bond donors (Lipinski definition) is 1. The van der Waals surface area contributed by atoms with Crippen LogP contribution >= 0.6 is 0 Å². The van der Waals surface area contributed by atoms with E-state index in [1.807, 2.05) is 61.5 Å². The number of benzene rings is 2. The number of furan rings is 1. The van der Waals surface area contributed by atoms with Crippen LogP contribution in [0, 0.1) is 6.92 Å². The fraction of sp³-hybridized carbons (Fsp3) is 0.136. The van der Waals surface area contributed by atoms with E-state index in [2.05, 4.69) is 15.4 Å². The minimum Gasteiger partial charge on any atom is -0.497 e. The molecule has 0 unspecified atom stereocenters. The van der Waals surface area contributed by atoms with Crippen LogP contribution in [0.1, 0.15) is 21.7 Å². The summed E-state index contributed by atoms with van der Waals surface area (Å²) in [6.07, 6.45) is 1.60. The second-order valence-corrected chi connectivity index (χ2v) is 6.45. The van der Waals surface area contributed by atoms with Gasteiger partial charge in [-0.05, 0) is 55.0 Å². The van der Waals surface area contributed by atoms with Gasteiger partial charge in [0.2, 0.25) is 5.95 Å². The van der Waals surface area contributed by atoms with E-state index in [1.165, 1.54) is 4.68 Å². The Morgan fingerprint density at radius 1 is 1.10 bits per heavy atom. The number of carbonyl (C=O) groups excluding carboxylic acids is 1. The first-order valence-electron chi connectivity index (χ1n) is 9.14. The third-order valence-electron chi connectivity index (χ3n) is 4.52. The Kier molecular flexibility index (Phi) is 5.11. The summed E-state index contributed by atoms with van der Waals surface area (Å²) in [5.41, 5.74) is 2.22. The SMILES string of the molecule is COc1ccc(-c2nc(NCc3ccco3)n(C(=O)c3ccccc3C)n2)cc1. The Morgan fingerprint density at radius 3 is 2.59 bits per heavy atom. The molecular formula is C22H20N4O3. The fourth-order valence-corrected chi connectivity index (χ4v) is 2.94. The molecule has 4 rings (SSSR count). The second kappa shape index (κ2) is 8.02. The van der Waals surface area contributed by atoms with Crippen LogP contribution in [0.25, 0.3) is 11.4 Å². The summed E-state index contributed by atoms with van der Waals surface area (Å²) in [5.74, 6) is 2.00. The third kappa shape index (κ3) is 3.89. The van der Waals surface area contributed by atoms with Gasteiger partial charge in [0.05, 0.1) is 19.9 Å². The van der Waals surface area contributed by atoms with Crippen LogP contribution in [-0.4, -0.2) is 27.8 Å². The number of carbonyl (C=O) groups is 1. The molecule has 2 aromatic carbocycles. The van der Waals surface area contributed by atoms with Crippen molar-refractivity contribution in [3.8, 4) is 17.1 Å². The molecule has 0 radical (unpaired) electrons. The Morgan fingerprint density at radius 2 is 1.90 bits per heavy atom. The first-order valence-corrected chi connectivity index (χ1v) is 9.14. The van der Waals surface area contributed by atoms with Crippen molar-refractivity contribution in [3.63, 3.8) is 0 Å². The highest BCUT2D eigenvalue weighted by atomic mass is 16.5. The van der Waals surface area contributed by atoms with Crippen molar-refractivity contribution in [2.75, 3.05) is 12.4 Å². The normalized spacial score (nSPS) is 10.7. The van der Waals surface area contributed by atoms with Crippen molar-refractivity contribution in [2.45, 2.75) is 13.5 Å². The van der Waals surface area contributed by atoms with Gasteiger partial charge >= 0.3 is 0 Å². The predicted molar refractivity (Wildman–Crippen MR) is 109 cm³/mol. The molecule has 0 saturated carbocycles. The maximum atomic E-state index is 13.2. The smallest absolute Gasteiger partial charge is 0.281 e. The molecule has 0 spiro atoms. The van der Waals surface area contributed by atoms with Crippen molar-refractivity contribution in [1.29, 1.82) is 0 Å². The van der Waals surface area contributed by atoms with Crippen LogP contribution in [0.4, 0.5) is 5.95 Å². The highest BCUT2D eigenvalue weighted by Gasteiger charge is 2.20. The lowest BCUT2D eigenvalue weighted by Gasteiger charge is -2.07. The average Bonchev–Trinajstić information content (AvgIpc) is 3.42. The number of hydrogen-bond acceptors (Lipinski definition) is 6. The number of ether oxygens (including phenoxy) is 1. The monoisotopic (exact) mass is 388 g/mol. The predicted octanol–water partition coefficient (Wildman–Crippen LogP) is 4.16. The highest BCUT2D eigenvalue weighted by molar-refractivity contribution is 5.98. The molecule has 146 valence electrons. The van der Waals surface area contributed by atoms with Gasteiger partial charge in [0.15, 0.2) is 5.82 Å². The highest BCUT2D eigenvalue weighted by Crippen LogP contribution is 2.22. The van der Waals surface area contributed by atoms with E-state index < -0.39 is 0 Å². The Labute approximate surface area is 168 Å². The molecule has 0 aliphatic carbocycles. The summed E-state index contributed by atoms with van der Waals surface area (Å²) < 4.78 is 11.9. The zero-order chi connectivity index (χ0) is 20.2. The zero-order valence-electron chi connectivity index (χ0n) is 16.1. The fourth-order valence-electron chi connectivity index (χ4n) is 2.94. The molecule has 29 heavy (non-hydrogen) atoms. The van der Waals surface area contributed by atoms with Crippen molar-refractivity contribution in [2.24, 2.45) is 0 Å². The zero-order valence-corrected chi connectivity index (χ0v) is 16.1. The molecule has 2 aromatic heterocycles. The lowest BCUT2D eigenvalue weighted by molar-refractivity contribution is 0.0947. The van der Waals surface area contributed by atoms with Crippen LogP contribution in [0.15, 0.2) is 71.3 Å². The third-order valence-corrected chi connectivity index (χ3v) is 4.52. The van der Waals surface area contributed by atoms with Gasteiger partial charge in [0.25, 0.3) is 5.91 Å². The lowest BCUT2D eigenvalue weighted by atomic mass is 10.1. The minimum absolute atomic E-state index is 0.252. The lowest BCUT2D eigenvalue weighted by Crippen LogP contribution is -2.18. The number of rotatable bonds is 6. The van der Waals surface area contributed by atoms with Gasteiger partial charge < -0.3 is 14.5 Å². The van der Waals surface area contributed by atoms with E-state index in [9.17, 15) is 4.79 Å². The molecule has 0 atom stereocenters. The molecule has 0 bridgehead atoms. The van der Waals surface area contributed by atoms with Crippen molar-refractivity contribution < 1.29 is 13.9 Å². The topological polar surface area (TPSA) is 82.2 Å². The van der Waals surface area contributed by atoms with Gasteiger partial charge in [-0.3, -0.25) is 4.79 Å². The second-order valence-electron chi connectivity index (χ2n) is 6.45. The molecule has 1 N–H and O–H groups in total. The number of nitrogens with zero attached hydrogens (tertiary/aromatic N) is 3. The standard InChI is InChI=1S/C22H20N4O3/c1-15-6-3-4-8-19(15)21(27)26-22(23-14-18-7-5-13-29-18)24-20(25-26)16-9-11-17(28-2)12-10-16/h3-13H,14H2,1-2H3,(H,23,24,25). The van der Waals surface area contributed by atoms with E-state index in [1.54, 1.807) is 19.4 Å². The molecule has 0 saturated heterocycles. The maximum Gasteiger partial charge on any atom is 0.281 e. The van der Waals surface area contributed by atoms with Gasteiger partial charge in [-0.1, -0.05) is 18.2 Å². The Hall–Kier alpha value is -3.87. The first kappa shape index (κ1) is 18.5. The Balaban J connectivity index is 1.71. The molecule has 7 nitrogen and oxygen atoms in total.